The van der Waals surface area contributed by atoms with Crippen molar-refractivity contribution in [3.63, 3.8) is 0 Å². The van der Waals surface area contributed by atoms with Crippen LogP contribution in [-0.2, 0) is 0 Å². The van der Waals surface area contributed by atoms with Gasteiger partial charge in [-0.3, -0.25) is 0 Å². The lowest BCUT2D eigenvalue weighted by Crippen LogP contribution is -2.16. The maximum atomic E-state index is 3.24. The van der Waals surface area contributed by atoms with Gasteiger partial charge in [0.1, 0.15) is 0 Å². The molecule has 3 unspecified atom stereocenters. The fourth-order valence-corrected chi connectivity index (χ4v) is 3.02. The summed E-state index contributed by atoms with van der Waals surface area (Å²) in [4.78, 5) is 0. The number of rotatable bonds is 3. The summed E-state index contributed by atoms with van der Waals surface area (Å²) in [5.41, 5.74) is 0. The van der Waals surface area contributed by atoms with Crippen LogP contribution in [0, 0.1) is 5.92 Å². The van der Waals surface area contributed by atoms with Crippen LogP contribution in [0.25, 0.3) is 0 Å². The van der Waals surface area contributed by atoms with Gasteiger partial charge >= 0.3 is 0 Å². The predicted octanol–water partition coefficient (Wildman–Crippen LogP) is 1.90. The van der Waals surface area contributed by atoms with E-state index in [4.69, 9.17) is 0 Å². The van der Waals surface area contributed by atoms with Crippen molar-refractivity contribution in [2.75, 3.05) is 13.6 Å². The minimum atomic E-state index is 0.920. The molecule has 10 heavy (non-hydrogen) atoms. The Kier molecular flexibility index (Phi) is 4.05. The molecule has 1 nitrogen and oxygen atoms in total. The van der Waals surface area contributed by atoms with E-state index in [0.29, 0.717) is 0 Å². The molecule has 0 spiro atoms. The van der Waals surface area contributed by atoms with Crippen LogP contribution >= 0.6 is 19.8 Å². The summed E-state index contributed by atoms with van der Waals surface area (Å²) in [5, 5.41) is 4.16. The molecule has 0 heterocycles. The summed E-state index contributed by atoms with van der Waals surface area (Å²) in [6, 6.07) is 0. The Labute approximate surface area is 69.7 Å². The van der Waals surface area contributed by atoms with Crippen LogP contribution in [0.1, 0.15) is 19.3 Å². The Morgan fingerprint density at radius 2 is 2.40 bits per heavy atom. The van der Waals surface area contributed by atoms with Crippen LogP contribution in [0.3, 0.4) is 0 Å². The van der Waals surface area contributed by atoms with E-state index >= 15 is 0 Å². The minimum Gasteiger partial charge on any atom is -0.319 e. The first kappa shape index (κ1) is 8.83. The first-order valence-corrected chi connectivity index (χ1v) is 6.22. The SMILES string of the molecule is CNCC1CCC(SP)C1. The van der Waals surface area contributed by atoms with Gasteiger partial charge in [-0.1, -0.05) is 8.44 Å². The average molecular weight is 177 g/mol. The normalized spacial score (nSPS) is 33.0. The molecule has 1 rings (SSSR count). The molecule has 0 aliphatic heterocycles. The Bertz CT molecular complexity index is 99.6. The van der Waals surface area contributed by atoms with Crippen LogP contribution < -0.4 is 5.32 Å². The first-order chi connectivity index (χ1) is 4.86. The Morgan fingerprint density at radius 3 is 2.90 bits per heavy atom. The smallest absolute Gasteiger partial charge is 0.00866 e. The van der Waals surface area contributed by atoms with E-state index in [-0.39, 0.29) is 0 Å². The molecule has 60 valence electrons. The van der Waals surface area contributed by atoms with Gasteiger partial charge in [0, 0.05) is 5.25 Å². The fraction of sp³-hybridized carbons (Fsp3) is 1.00. The molecule has 0 amide bonds. The minimum absolute atomic E-state index is 0.920. The van der Waals surface area contributed by atoms with E-state index in [1.54, 1.807) is 0 Å². The van der Waals surface area contributed by atoms with E-state index in [1.165, 1.54) is 25.8 Å². The van der Waals surface area contributed by atoms with Crippen molar-refractivity contribution < 1.29 is 0 Å². The van der Waals surface area contributed by atoms with Crippen LogP contribution in [0.5, 0.6) is 0 Å². The quantitative estimate of drug-likeness (QED) is 0.661. The number of hydrogen-bond donors (Lipinski definition) is 1. The van der Waals surface area contributed by atoms with E-state index in [1.807, 2.05) is 18.4 Å². The molecule has 1 aliphatic carbocycles. The molecule has 1 aliphatic rings. The zero-order valence-corrected chi connectivity index (χ0v) is 8.44. The lowest BCUT2D eigenvalue weighted by Gasteiger charge is -2.07. The molecular weight excluding hydrogens is 161 g/mol. The summed E-state index contributed by atoms with van der Waals surface area (Å²) in [5.74, 6) is 0.947. The highest BCUT2D eigenvalue weighted by atomic mass is 32.7. The molecule has 1 N–H and O–H groups in total. The standard InChI is InChI=1S/C7H16NPS/c1-8-5-6-2-3-7(4-6)10-9/h6-8H,2-5,9H2,1H3. The van der Waals surface area contributed by atoms with Crippen molar-refractivity contribution >= 4 is 19.8 Å². The van der Waals surface area contributed by atoms with Gasteiger partial charge in [0.2, 0.25) is 0 Å². The molecule has 0 aromatic rings. The molecular formula is C7H16NPS. The van der Waals surface area contributed by atoms with E-state index in [2.05, 4.69) is 13.8 Å². The van der Waals surface area contributed by atoms with Gasteiger partial charge in [0.25, 0.3) is 0 Å². The molecule has 1 saturated carbocycles. The molecule has 3 heteroatoms. The number of nitrogens with one attached hydrogen (secondary N) is 1. The molecule has 0 saturated heterocycles. The van der Waals surface area contributed by atoms with E-state index < -0.39 is 0 Å². The van der Waals surface area contributed by atoms with Crippen LogP contribution in [0.2, 0.25) is 0 Å². The van der Waals surface area contributed by atoms with Crippen molar-refractivity contribution in [1.82, 2.24) is 5.32 Å². The third kappa shape index (κ3) is 2.41. The summed E-state index contributed by atoms with van der Waals surface area (Å²) >= 11 is 1.95. The lowest BCUT2D eigenvalue weighted by molar-refractivity contribution is 0.517. The van der Waals surface area contributed by atoms with Crippen LogP contribution in [0.4, 0.5) is 0 Å². The van der Waals surface area contributed by atoms with Gasteiger partial charge in [-0.05, 0) is 38.8 Å². The topological polar surface area (TPSA) is 12.0 Å². The molecule has 0 aromatic carbocycles. The summed E-state index contributed by atoms with van der Waals surface area (Å²) in [7, 11) is 4.81. The fourth-order valence-electron chi connectivity index (χ4n) is 1.63. The summed E-state index contributed by atoms with van der Waals surface area (Å²) < 4.78 is 0. The Morgan fingerprint density at radius 1 is 1.60 bits per heavy atom. The second-order valence-corrected chi connectivity index (χ2v) is 4.75. The molecule has 0 aromatic heterocycles. The van der Waals surface area contributed by atoms with Gasteiger partial charge in [-0.25, -0.2) is 0 Å². The highest BCUT2D eigenvalue weighted by Gasteiger charge is 2.22. The molecule has 0 radical (unpaired) electrons. The second kappa shape index (κ2) is 4.58. The largest absolute Gasteiger partial charge is 0.319 e. The predicted molar refractivity (Wildman–Crippen MR) is 52.4 cm³/mol. The maximum absolute atomic E-state index is 3.24. The van der Waals surface area contributed by atoms with Gasteiger partial charge in [0.15, 0.2) is 0 Å². The van der Waals surface area contributed by atoms with Gasteiger partial charge < -0.3 is 5.32 Å². The maximum Gasteiger partial charge on any atom is 0.00866 e. The highest BCUT2D eigenvalue weighted by molar-refractivity contribution is 8.44. The third-order valence-corrected chi connectivity index (χ3v) is 4.15. The lowest BCUT2D eigenvalue weighted by atomic mass is 10.1. The number of hydrogen-bond acceptors (Lipinski definition) is 2. The van der Waals surface area contributed by atoms with Gasteiger partial charge in [-0.2, -0.15) is 0 Å². The second-order valence-electron chi connectivity index (χ2n) is 2.99. The van der Waals surface area contributed by atoms with E-state index in [0.717, 1.165) is 11.2 Å². The Balaban J connectivity index is 2.15. The third-order valence-electron chi connectivity index (χ3n) is 2.18. The summed E-state index contributed by atoms with van der Waals surface area (Å²) in [6.07, 6.45) is 4.25. The Hall–Kier alpha value is 0.740. The van der Waals surface area contributed by atoms with Crippen molar-refractivity contribution in [2.24, 2.45) is 5.92 Å². The van der Waals surface area contributed by atoms with Gasteiger partial charge in [-0.15, -0.1) is 11.4 Å². The van der Waals surface area contributed by atoms with Crippen molar-refractivity contribution in [1.29, 1.82) is 0 Å². The molecule has 3 atom stereocenters. The summed E-state index contributed by atoms with van der Waals surface area (Å²) in [6.45, 7) is 1.21. The van der Waals surface area contributed by atoms with Gasteiger partial charge in [0.05, 0.1) is 0 Å². The first-order valence-electron chi connectivity index (χ1n) is 3.87. The molecule has 0 bridgehead atoms. The highest BCUT2D eigenvalue weighted by Crippen LogP contribution is 2.36. The monoisotopic (exact) mass is 177 g/mol. The van der Waals surface area contributed by atoms with E-state index in [9.17, 15) is 0 Å². The van der Waals surface area contributed by atoms with Crippen LogP contribution in [0.15, 0.2) is 0 Å². The van der Waals surface area contributed by atoms with Crippen molar-refractivity contribution in [2.45, 2.75) is 24.5 Å². The van der Waals surface area contributed by atoms with Crippen LogP contribution in [-0.4, -0.2) is 18.8 Å². The average Bonchev–Trinajstić information content (AvgIpc) is 2.37. The molecule has 1 fully saturated rings. The van der Waals surface area contributed by atoms with Crippen molar-refractivity contribution in [3.8, 4) is 0 Å². The van der Waals surface area contributed by atoms with Crippen molar-refractivity contribution in [3.05, 3.63) is 0 Å². The zero-order chi connectivity index (χ0) is 7.40. The zero-order valence-electron chi connectivity index (χ0n) is 6.47.